The van der Waals surface area contributed by atoms with E-state index in [1.165, 1.54) is 0 Å². The Kier molecular flexibility index (Phi) is 3.80. The summed E-state index contributed by atoms with van der Waals surface area (Å²) < 4.78 is 0. The van der Waals surface area contributed by atoms with Gasteiger partial charge in [0, 0.05) is 58.0 Å². The van der Waals surface area contributed by atoms with Crippen LogP contribution in [0.25, 0.3) is 0 Å². The van der Waals surface area contributed by atoms with Crippen molar-refractivity contribution in [1.29, 1.82) is 0 Å². The highest BCUT2D eigenvalue weighted by molar-refractivity contribution is 5.74. The Morgan fingerprint density at radius 2 is 1.86 bits per heavy atom. The fraction of sp³-hybridized carbons (Fsp3) is 0.667. The summed E-state index contributed by atoms with van der Waals surface area (Å²) in [6.45, 7) is 9.30. The first-order valence-corrected chi connectivity index (χ1v) is 7.57. The van der Waals surface area contributed by atoms with E-state index in [-0.39, 0.29) is 5.91 Å². The van der Waals surface area contributed by atoms with Gasteiger partial charge in [0.25, 0.3) is 0 Å². The molecular weight excluding hydrogens is 266 g/mol. The summed E-state index contributed by atoms with van der Waals surface area (Å²) in [6.07, 6.45) is 0. The minimum atomic E-state index is 0.137. The maximum absolute atomic E-state index is 11.3. The minimum Gasteiger partial charge on any atom is -0.354 e. The van der Waals surface area contributed by atoms with Crippen molar-refractivity contribution in [3.8, 4) is 0 Å². The molecule has 1 aromatic rings. The van der Waals surface area contributed by atoms with Gasteiger partial charge in [-0.2, -0.15) is 0 Å². The number of rotatable bonds is 2. The molecule has 0 N–H and O–H groups in total. The Morgan fingerprint density at radius 1 is 1.19 bits per heavy atom. The molecule has 6 nitrogen and oxygen atoms in total. The highest BCUT2D eigenvalue weighted by atomic mass is 16.2. The third-order valence-electron chi connectivity index (χ3n) is 4.38. The lowest BCUT2D eigenvalue weighted by Crippen LogP contribution is -2.48. The molecule has 6 heteroatoms. The third-order valence-corrected chi connectivity index (χ3v) is 4.38. The molecule has 0 spiro atoms. The van der Waals surface area contributed by atoms with E-state index >= 15 is 0 Å². The van der Waals surface area contributed by atoms with Crippen molar-refractivity contribution >= 4 is 11.7 Å². The number of anilines is 1. The molecule has 21 heavy (non-hydrogen) atoms. The Bertz CT molecular complexity index is 533. The van der Waals surface area contributed by atoms with Gasteiger partial charge >= 0.3 is 0 Å². The van der Waals surface area contributed by atoms with E-state index in [0.717, 1.165) is 56.6 Å². The zero-order valence-electron chi connectivity index (χ0n) is 13.0. The molecule has 1 aromatic heterocycles. The van der Waals surface area contributed by atoms with Gasteiger partial charge in [0.2, 0.25) is 5.91 Å². The monoisotopic (exact) mass is 289 g/mol. The maximum Gasteiger partial charge on any atom is 0.219 e. The standard InChI is InChI=1S/C15H23N5O/c1-11-8-14(19-6-4-18(3)5-7-19)17-15(16-11)13-9-20(10-13)12(2)21/h8,13H,4-7,9-10H2,1-3H3. The molecule has 0 bridgehead atoms. The number of likely N-dealkylation sites (tertiary alicyclic amines) is 1. The Hall–Kier alpha value is -1.69. The fourth-order valence-electron chi connectivity index (χ4n) is 2.85. The van der Waals surface area contributed by atoms with Crippen molar-refractivity contribution in [2.45, 2.75) is 19.8 Å². The predicted octanol–water partition coefficient (Wildman–Crippen LogP) is 0.483. The lowest BCUT2D eigenvalue weighted by molar-refractivity contribution is -0.133. The first kappa shape index (κ1) is 14.3. The van der Waals surface area contributed by atoms with Gasteiger partial charge in [-0.15, -0.1) is 0 Å². The second-order valence-electron chi connectivity index (χ2n) is 6.14. The van der Waals surface area contributed by atoms with Crippen molar-refractivity contribution < 1.29 is 4.79 Å². The molecule has 114 valence electrons. The normalized spacial score (nSPS) is 20.5. The van der Waals surface area contributed by atoms with Crippen LogP contribution >= 0.6 is 0 Å². The molecule has 2 saturated heterocycles. The van der Waals surface area contributed by atoms with Crippen molar-refractivity contribution in [3.05, 3.63) is 17.6 Å². The zero-order valence-corrected chi connectivity index (χ0v) is 13.0. The average Bonchev–Trinajstić information content (AvgIpc) is 2.36. The first-order chi connectivity index (χ1) is 10.0. The Balaban J connectivity index is 1.73. The van der Waals surface area contributed by atoms with E-state index in [2.05, 4.69) is 27.9 Å². The second-order valence-corrected chi connectivity index (χ2v) is 6.14. The molecule has 3 heterocycles. The number of likely N-dealkylation sites (N-methyl/N-ethyl adjacent to an activating group) is 1. The van der Waals surface area contributed by atoms with E-state index in [9.17, 15) is 4.79 Å². The molecule has 0 radical (unpaired) electrons. The SMILES string of the molecule is CC(=O)N1CC(c2nc(C)cc(N3CCN(C)CC3)n2)C1. The third kappa shape index (κ3) is 3.00. The first-order valence-electron chi connectivity index (χ1n) is 7.57. The van der Waals surface area contributed by atoms with E-state index in [1.54, 1.807) is 6.92 Å². The van der Waals surface area contributed by atoms with Gasteiger partial charge < -0.3 is 14.7 Å². The molecule has 1 amide bonds. The molecule has 0 saturated carbocycles. The summed E-state index contributed by atoms with van der Waals surface area (Å²) in [5.41, 5.74) is 1.01. The van der Waals surface area contributed by atoms with Crippen LogP contribution in [-0.4, -0.2) is 72.0 Å². The number of hydrogen-bond donors (Lipinski definition) is 0. The summed E-state index contributed by atoms with van der Waals surface area (Å²) in [6, 6.07) is 2.07. The van der Waals surface area contributed by atoms with Crippen LogP contribution in [0.2, 0.25) is 0 Å². The van der Waals surface area contributed by atoms with Crippen LogP contribution in [0.5, 0.6) is 0 Å². The lowest BCUT2D eigenvalue weighted by atomic mass is 9.99. The smallest absolute Gasteiger partial charge is 0.219 e. The van der Waals surface area contributed by atoms with Gasteiger partial charge in [-0.25, -0.2) is 9.97 Å². The molecule has 0 aromatic carbocycles. The van der Waals surface area contributed by atoms with E-state index in [0.29, 0.717) is 5.92 Å². The number of amides is 1. The minimum absolute atomic E-state index is 0.137. The summed E-state index contributed by atoms with van der Waals surface area (Å²) >= 11 is 0. The summed E-state index contributed by atoms with van der Waals surface area (Å²) in [5.74, 6) is 2.35. The quantitative estimate of drug-likeness (QED) is 0.793. The number of carbonyl (C=O) groups excluding carboxylic acids is 1. The van der Waals surface area contributed by atoms with Gasteiger partial charge in [-0.1, -0.05) is 0 Å². The number of hydrogen-bond acceptors (Lipinski definition) is 5. The maximum atomic E-state index is 11.3. The Labute approximate surface area is 125 Å². The van der Waals surface area contributed by atoms with Gasteiger partial charge in [-0.05, 0) is 14.0 Å². The molecule has 2 fully saturated rings. The Morgan fingerprint density at radius 3 is 2.48 bits per heavy atom. The molecule has 0 atom stereocenters. The molecule has 2 aliphatic heterocycles. The second kappa shape index (κ2) is 5.60. The van der Waals surface area contributed by atoms with Gasteiger partial charge in [-0.3, -0.25) is 4.79 Å². The molecule has 2 aliphatic rings. The zero-order chi connectivity index (χ0) is 15.0. The number of aromatic nitrogens is 2. The summed E-state index contributed by atoms with van der Waals surface area (Å²) in [5, 5.41) is 0. The van der Waals surface area contributed by atoms with Crippen LogP contribution in [0.4, 0.5) is 5.82 Å². The predicted molar refractivity (Wildman–Crippen MR) is 81.5 cm³/mol. The summed E-state index contributed by atoms with van der Waals surface area (Å²) in [4.78, 5) is 27.1. The van der Waals surface area contributed by atoms with Crippen molar-refractivity contribution in [2.75, 3.05) is 51.2 Å². The number of nitrogens with zero attached hydrogens (tertiary/aromatic N) is 5. The van der Waals surface area contributed by atoms with Crippen molar-refractivity contribution in [2.24, 2.45) is 0 Å². The van der Waals surface area contributed by atoms with E-state index in [1.807, 2.05) is 11.8 Å². The molecule has 3 rings (SSSR count). The van der Waals surface area contributed by atoms with Crippen LogP contribution in [-0.2, 0) is 4.79 Å². The number of aryl methyl sites for hydroxylation is 1. The highest BCUT2D eigenvalue weighted by Crippen LogP contribution is 2.26. The molecule has 0 aliphatic carbocycles. The van der Waals surface area contributed by atoms with Crippen LogP contribution in [0.15, 0.2) is 6.07 Å². The van der Waals surface area contributed by atoms with Crippen molar-refractivity contribution in [3.63, 3.8) is 0 Å². The van der Waals surface area contributed by atoms with Crippen molar-refractivity contribution in [1.82, 2.24) is 19.8 Å². The number of piperazine rings is 1. The highest BCUT2D eigenvalue weighted by Gasteiger charge is 2.32. The average molecular weight is 289 g/mol. The molecule has 0 unspecified atom stereocenters. The number of carbonyl (C=O) groups is 1. The van der Waals surface area contributed by atoms with E-state index in [4.69, 9.17) is 4.98 Å². The van der Waals surface area contributed by atoms with Crippen LogP contribution in [0, 0.1) is 6.92 Å². The topological polar surface area (TPSA) is 52.6 Å². The largest absolute Gasteiger partial charge is 0.354 e. The lowest BCUT2D eigenvalue weighted by Gasteiger charge is -2.38. The van der Waals surface area contributed by atoms with Crippen LogP contribution < -0.4 is 4.90 Å². The fourth-order valence-corrected chi connectivity index (χ4v) is 2.85. The van der Waals surface area contributed by atoms with Crippen LogP contribution in [0.3, 0.4) is 0 Å². The van der Waals surface area contributed by atoms with Crippen LogP contribution in [0.1, 0.15) is 24.4 Å². The summed E-state index contributed by atoms with van der Waals surface area (Å²) in [7, 11) is 2.15. The van der Waals surface area contributed by atoms with Gasteiger partial charge in [0.1, 0.15) is 11.6 Å². The van der Waals surface area contributed by atoms with E-state index < -0.39 is 0 Å². The van der Waals surface area contributed by atoms with Gasteiger partial charge in [0.15, 0.2) is 0 Å². The van der Waals surface area contributed by atoms with Gasteiger partial charge in [0.05, 0.1) is 5.92 Å². The molecular formula is C15H23N5O.